The lowest BCUT2D eigenvalue weighted by molar-refractivity contribution is -0.119. The number of Topliss-reactive ketones (excluding diaryl/α,β-unsaturated/α-hetero) is 1. The zero-order chi connectivity index (χ0) is 19.9. The Morgan fingerprint density at radius 1 is 1.11 bits per heavy atom. The highest BCUT2D eigenvalue weighted by atomic mass is 19.2. The number of ketones is 1. The molecule has 1 amide bonds. The number of hydrogen-bond acceptors (Lipinski definition) is 3. The molecule has 0 saturated heterocycles. The molecule has 140 valence electrons. The molecule has 1 N–H and O–H groups in total. The average Bonchev–Trinajstić information content (AvgIpc) is 2.88. The van der Waals surface area contributed by atoms with E-state index in [1.54, 1.807) is 32.0 Å². The van der Waals surface area contributed by atoms with Crippen molar-refractivity contribution in [2.45, 2.75) is 26.8 Å². The van der Waals surface area contributed by atoms with Crippen LogP contribution in [-0.2, 0) is 9.59 Å². The fourth-order valence-corrected chi connectivity index (χ4v) is 3.22. The van der Waals surface area contributed by atoms with Gasteiger partial charge in [0.2, 0.25) is 0 Å². The van der Waals surface area contributed by atoms with E-state index in [0.29, 0.717) is 5.56 Å². The molecular formula is C21H19F2NO3. The van der Waals surface area contributed by atoms with Crippen LogP contribution in [0.3, 0.4) is 0 Å². The smallest absolute Gasteiger partial charge is 0.294 e. The lowest BCUT2D eigenvalue weighted by Gasteiger charge is -2.27. The Morgan fingerprint density at radius 2 is 1.81 bits per heavy atom. The zero-order valence-electron chi connectivity index (χ0n) is 15.2. The predicted molar refractivity (Wildman–Crippen MR) is 97.3 cm³/mol. The molecule has 6 heteroatoms. The number of benzene rings is 2. The van der Waals surface area contributed by atoms with E-state index in [4.69, 9.17) is 0 Å². The summed E-state index contributed by atoms with van der Waals surface area (Å²) in [6, 6.07) is 9.26. The second kappa shape index (κ2) is 6.95. The number of halogens is 2. The fourth-order valence-electron chi connectivity index (χ4n) is 3.22. The molecule has 1 aliphatic heterocycles. The summed E-state index contributed by atoms with van der Waals surface area (Å²) >= 11 is 0. The number of anilines is 1. The van der Waals surface area contributed by atoms with Crippen LogP contribution in [0.1, 0.15) is 31.0 Å². The van der Waals surface area contributed by atoms with E-state index in [2.05, 4.69) is 0 Å². The van der Waals surface area contributed by atoms with Crippen molar-refractivity contribution >= 4 is 17.4 Å². The molecule has 4 nitrogen and oxygen atoms in total. The number of aryl methyl sites for hydroxylation is 1. The molecule has 0 spiro atoms. The fraction of sp³-hybridized carbons (Fsp3) is 0.238. The number of carbonyl (C=O) groups excluding carboxylic acids is 2. The largest absolute Gasteiger partial charge is 0.503 e. The highest BCUT2D eigenvalue weighted by Crippen LogP contribution is 2.42. The summed E-state index contributed by atoms with van der Waals surface area (Å²) in [4.78, 5) is 26.6. The zero-order valence-corrected chi connectivity index (χ0v) is 15.2. The standard InChI is InChI=1S/C21H19F2NO3/c1-11(2)19(25)17-18(13-6-4-5-12(3)9-13)24(21(27)20(17)26)14-7-8-15(22)16(23)10-14/h4-11,18,26H,1-3H3. The maximum absolute atomic E-state index is 13.8. The summed E-state index contributed by atoms with van der Waals surface area (Å²) in [5.74, 6) is -4.48. The molecule has 27 heavy (non-hydrogen) atoms. The molecule has 2 aromatic rings. The summed E-state index contributed by atoms with van der Waals surface area (Å²) in [7, 11) is 0. The Kier molecular flexibility index (Phi) is 4.83. The van der Waals surface area contributed by atoms with E-state index in [1.165, 1.54) is 6.07 Å². The third kappa shape index (κ3) is 3.23. The van der Waals surface area contributed by atoms with Gasteiger partial charge in [-0.25, -0.2) is 8.78 Å². The predicted octanol–water partition coefficient (Wildman–Crippen LogP) is 4.40. The van der Waals surface area contributed by atoms with Gasteiger partial charge in [0, 0.05) is 17.7 Å². The average molecular weight is 371 g/mol. The quantitative estimate of drug-likeness (QED) is 0.867. The number of aliphatic hydroxyl groups is 1. The maximum Gasteiger partial charge on any atom is 0.294 e. The lowest BCUT2D eigenvalue weighted by Crippen LogP contribution is -2.31. The highest BCUT2D eigenvalue weighted by Gasteiger charge is 2.44. The van der Waals surface area contributed by atoms with Crippen molar-refractivity contribution in [1.82, 2.24) is 0 Å². The first-order chi connectivity index (χ1) is 12.7. The van der Waals surface area contributed by atoms with Gasteiger partial charge in [-0.15, -0.1) is 0 Å². The normalized spacial score (nSPS) is 17.2. The SMILES string of the molecule is Cc1cccc(C2C(C(=O)C(C)C)=C(O)C(=O)N2c2ccc(F)c(F)c2)c1. The minimum atomic E-state index is -1.12. The molecule has 0 fully saturated rings. The van der Waals surface area contributed by atoms with Crippen molar-refractivity contribution < 1.29 is 23.5 Å². The van der Waals surface area contributed by atoms with Gasteiger partial charge in [0.05, 0.1) is 11.6 Å². The van der Waals surface area contributed by atoms with Crippen LogP contribution in [0.2, 0.25) is 0 Å². The van der Waals surface area contributed by atoms with Gasteiger partial charge >= 0.3 is 0 Å². The Labute approximate surface area is 155 Å². The maximum atomic E-state index is 13.8. The summed E-state index contributed by atoms with van der Waals surface area (Å²) in [5.41, 5.74) is 1.52. The molecule has 0 saturated carbocycles. The number of nitrogens with zero attached hydrogens (tertiary/aromatic N) is 1. The van der Waals surface area contributed by atoms with Crippen LogP contribution in [0, 0.1) is 24.5 Å². The molecule has 1 aliphatic rings. The molecule has 1 atom stereocenters. The Hall–Kier alpha value is -3.02. The van der Waals surface area contributed by atoms with E-state index in [0.717, 1.165) is 22.6 Å². The molecule has 0 bridgehead atoms. The van der Waals surface area contributed by atoms with Crippen LogP contribution in [-0.4, -0.2) is 16.8 Å². The van der Waals surface area contributed by atoms with E-state index in [-0.39, 0.29) is 17.0 Å². The van der Waals surface area contributed by atoms with Gasteiger partial charge in [-0.05, 0) is 24.6 Å². The Bertz CT molecular complexity index is 966. The molecule has 0 radical (unpaired) electrons. The summed E-state index contributed by atoms with van der Waals surface area (Å²) in [6.07, 6.45) is 0. The van der Waals surface area contributed by atoms with E-state index in [9.17, 15) is 23.5 Å². The van der Waals surface area contributed by atoms with E-state index in [1.807, 2.05) is 13.0 Å². The van der Waals surface area contributed by atoms with Crippen molar-refractivity contribution in [3.05, 3.63) is 76.6 Å². The van der Waals surface area contributed by atoms with Crippen molar-refractivity contribution in [3.63, 3.8) is 0 Å². The van der Waals surface area contributed by atoms with Crippen molar-refractivity contribution in [1.29, 1.82) is 0 Å². The third-order valence-corrected chi connectivity index (χ3v) is 4.54. The van der Waals surface area contributed by atoms with Crippen LogP contribution in [0.4, 0.5) is 14.5 Å². The number of amides is 1. The second-order valence-electron chi connectivity index (χ2n) is 6.87. The van der Waals surface area contributed by atoms with Crippen LogP contribution in [0.25, 0.3) is 0 Å². The van der Waals surface area contributed by atoms with Crippen molar-refractivity contribution in [2.24, 2.45) is 5.92 Å². The first kappa shape index (κ1) is 18.8. The van der Waals surface area contributed by atoms with Crippen molar-refractivity contribution in [3.8, 4) is 0 Å². The van der Waals surface area contributed by atoms with Crippen LogP contribution < -0.4 is 4.90 Å². The minimum absolute atomic E-state index is 0.0367. The second-order valence-corrected chi connectivity index (χ2v) is 6.87. The summed E-state index contributed by atoms with van der Waals surface area (Å²) in [5, 5.41) is 10.4. The summed E-state index contributed by atoms with van der Waals surface area (Å²) in [6.45, 7) is 5.19. The van der Waals surface area contributed by atoms with Crippen LogP contribution in [0.15, 0.2) is 53.8 Å². The van der Waals surface area contributed by atoms with Gasteiger partial charge in [0.15, 0.2) is 23.2 Å². The summed E-state index contributed by atoms with van der Waals surface area (Å²) < 4.78 is 27.1. The Balaban J connectivity index is 2.21. The van der Waals surface area contributed by atoms with Gasteiger partial charge in [-0.1, -0.05) is 43.7 Å². The van der Waals surface area contributed by atoms with Crippen molar-refractivity contribution in [2.75, 3.05) is 4.90 Å². The number of carbonyl (C=O) groups is 2. The number of hydrogen-bond donors (Lipinski definition) is 1. The van der Waals surface area contributed by atoms with Gasteiger partial charge in [-0.3, -0.25) is 14.5 Å². The van der Waals surface area contributed by atoms with E-state index >= 15 is 0 Å². The topological polar surface area (TPSA) is 57.6 Å². The van der Waals surface area contributed by atoms with Gasteiger partial charge in [-0.2, -0.15) is 0 Å². The first-order valence-electron chi connectivity index (χ1n) is 8.55. The number of aliphatic hydroxyl groups excluding tert-OH is 1. The number of rotatable bonds is 4. The monoisotopic (exact) mass is 371 g/mol. The van der Waals surface area contributed by atoms with Gasteiger partial charge in [0.25, 0.3) is 5.91 Å². The van der Waals surface area contributed by atoms with Gasteiger partial charge < -0.3 is 5.11 Å². The third-order valence-electron chi connectivity index (χ3n) is 4.54. The van der Waals surface area contributed by atoms with E-state index < -0.39 is 35.3 Å². The lowest BCUT2D eigenvalue weighted by atomic mass is 9.90. The molecular weight excluding hydrogens is 352 g/mol. The van der Waals surface area contributed by atoms with Gasteiger partial charge in [0.1, 0.15) is 0 Å². The molecule has 1 unspecified atom stereocenters. The molecule has 1 heterocycles. The molecule has 3 rings (SSSR count). The first-order valence-corrected chi connectivity index (χ1v) is 8.55. The molecule has 2 aromatic carbocycles. The van der Waals surface area contributed by atoms with Crippen LogP contribution in [0.5, 0.6) is 0 Å². The van der Waals surface area contributed by atoms with Crippen LogP contribution >= 0.6 is 0 Å². The minimum Gasteiger partial charge on any atom is -0.503 e. The Morgan fingerprint density at radius 3 is 2.41 bits per heavy atom. The molecule has 0 aromatic heterocycles. The molecule has 0 aliphatic carbocycles. The highest BCUT2D eigenvalue weighted by molar-refractivity contribution is 6.16.